The highest BCUT2D eigenvalue weighted by Gasteiger charge is 2.18. The molecule has 224 valence electrons. The number of nitrogens with one attached hydrogen (secondary N) is 4. The molecule has 0 fully saturated rings. The molecule has 0 aliphatic carbocycles. The van der Waals surface area contributed by atoms with Crippen molar-refractivity contribution in [3.63, 3.8) is 0 Å². The van der Waals surface area contributed by atoms with Gasteiger partial charge in [0, 0.05) is 38.9 Å². The number of rotatable bonds is 24. The molecule has 0 heterocycles. The van der Waals surface area contributed by atoms with Crippen LogP contribution in [0.3, 0.4) is 0 Å². The minimum atomic E-state index is -0.375. The number of nitrogens with zero attached hydrogens (tertiary/aromatic N) is 2. The molecule has 0 saturated carbocycles. The Balaban J connectivity index is 4.58. The Morgan fingerprint density at radius 2 is 1.05 bits per heavy atom. The predicted molar refractivity (Wildman–Crippen MR) is 162 cm³/mol. The van der Waals surface area contributed by atoms with Gasteiger partial charge < -0.3 is 25.9 Å². The molecule has 0 aliphatic rings. The molecule has 0 aromatic heterocycles. The number of hydrogen-bond acceptors (Lipinski definition) is 8. The first kappa shape index (κ1) is 38.5. The smallest absolute Gasteiger partial charge is 0.234 e. The number of ketones is 1. The summed E-state index contributed by atoms with van der Waals surface area (Å²) in [7, 11) is 15.4. The van der Waals surface area contributed by atoms with Crippen LogP contribution in [0.5, 0.6) is 0 Å². The van der Waals surface area contributed by atoms with E-state index >= 15 is 0 Å². The topological polar surface area (TPSA) is 157 Å². The molecule has 0 rings (SSSR count). The summed E-state index contributed by atoms with van der Waals surface area (Å²) < 4.78 is 0.552. The molecule has 0 aromatic carbocycles. The van der Waals surface area contributed by atoms with Crippen molar-refractivity contribution in [3.05, 3.63) is 0 Å². The van der Waals surface area contributed by atoms with Gasteiger partial charge in [-0.15, -0.1) is 0 Å². The van der Waals surface area contributed by atoms with Crippen LogP contribution in [0.1, 0.15) is 77.6 Å². The number of carbonyl (C=O) groups excluding carboxylic acids is 6. The number of amides is 5. The Morgan fingerprint density at radius 3 is 1.46 bits per heavy atom. The lowest BCUT2D eigenvalue weighted by Crippen LogP contribution is -2.47. The summed E-state index contributed by atoms with van der Waals surface area (Å²) in [5, 5.41) is 10.0. The van der Waals surface area contributed by atoms with Crippen LogP contribution in [0.15, 0.2) is 0 Å². The third kappa shape index (κ3) is 22.8. The van der Waals surface area contributed by atoms with Crippen LogP contribution in [-0.2, 0) is 28.8 Å². The molecule has 0 bridgehead atoms. The first-order valence-corrected chi connectivity index (χ1v) is 14.5. The molecular formula is C25H43B3N6O6S. The molecule has 41 heavy (non-hydrogen) atoms. The van der Waals surface area contributed by atoms with Crippen molar-refractivity contribution in [1.29, 1.82) is 0 Å². The Morgan fingerprint density at radius 1 is 0.634 bits per heavy atom. The van der Waals surface area contributed by atoms with Gasteiger partial charge in [0.1, 0.15) is 5.78 Å². The van der Waals surface area contributed by atoms with Gasteiger partial charge >= 0.3 is 0 Å². The van der Waals surface area contributed by atoms with Crippen molar-refractivity contribution < 1.29 is 28.8 Å². The number of carbonyl (C=O) groups is 6. The predicted octanol–water partition coefficient (Wildman–Crippen LogP) is -0.989. The van der Waals surface area contributed by atoms with Crippen molar-refractivity contribution >= 4 is 71.9 Å². The van der Waals surface area contributed by atoms with Crippen molar-refractivity contribution in [2.24, 2.45) is 0 Å². The van der Waals surface area contributed by atoms with E-state index in [-0.39, 0.29) is 73.0 Å². The van der Waals surface area contributed by atoms with E-state index in [1.807, 2.05) is 5.23 Å². The largest absolute Gasteiger partial charge is 0.449 e. The van der Waals surface area contributed by atoms with Crippen LogP contribution in [-0.4, -0.2) is 113 Å². The Bertz CT molecular complexity index is 792. The molecule has 0 saturated heterocycles. The lowest BCUT2D eigenvalue weighted by molar-refractivity contribution is -0.128. The minimum Gasteiger partial charge on any atom is -0.449 e. The molecule has 0 aliphatic heterocycles. The van der Waals surface area contributed by atoms with E-state index in [2.05, 4.69) is 28.6 Å². The minimum absolute atomic E-state index is 0.0928. The van der Waals surface area contributed by atoms with Gasteiger partial charge in [0.05, 0.1) is 24.9 Å². The van der Waals surface area contributed by atoms with Gasteiger partial charge in [0.2, 0.25) is 47.6 Å². The highest BCUT2D eigenvalue weighted by molar-refractivity contribution is 7.81. The van der Waals surface area contributed by atoms with Gasteiger partial charge in [-0.25, -0.2) is 0 Å². The summed E-state index contributed by atoms with van der Waals surface area (Å²) in [4.78, 5) is 73.0. The van der Waals surface area contributed by atoms with E-state index in [0.29, 0.717) is 69.3 Å². The standard InChI is InChI=1S/C25H43B3N6O6S/c1-19(41)20(35)10-4-2-7-13-29-22(37)16-33(18-24(39)31-15-9-6-11-21(36)32-26)17-23(38)30-14-8-3-5-12-25(40)34(27)28/h19,41H,2-18H2,1H3,(H,29,37)(H,30,38)(H,31,39)(H,32,36). The Labute approximate surface area is 253 Å². The van der Waals surface area contributed by atoms with E-state index < -0.39 is 0 Å². The van der Waals surface area contributed by atoms with Gasteiger partial charge in [0.25, 0.3) is 0 Å². The molecule has 0 spiro atoms. The zero-order valence-corrected chi connectivity index (χ0v) is 25.0. The fraction of sp³-hybridized carbons (Fsp3) is 0.760. The summed E-state index contributed by atoms with van der Waals surface area (Å²) in [5.41, 5.74) is 0. The van der Waals surface area contributed by atoms with Crippen LogP contribution in [0.4, 0.5) is 0 Å². The van der Waals surface area contributed by atoms with E-state index in [9.17, 15) is 28.8 Å². The monoisotopic (exact) mass is 588 g/mol. The van der Waals surface area contributed by atoms with Gasteiger partial charge in [-0.05, 0) is 45.4 Å². The van der Waals surface area contributed by atoms with E-state index in [4.69, 9.17) is 23.9 Å². The fourth-order valence-corrected chi connectivity index (χ4v) is 3.76. The quantitative estimate of drug-likeness (QED) is 0.0551. The molecule has 1 atom stereocenters. The maximum Gasteiger partial charge on any atom is 0.234 e. The van der Waals surface area contributed by atoms with Crippen LogP contribution in [0.25, 0.3) is 0 Å². The average molecular weight is 588 g/mol. The second-order valence-corrected chi connectivity index (χ2v) is 10.6. The summed E-state index contributed by atoms with van der Waals surface area (Å²) >= 11 is 4.12. The van der Waals surface area contributed by atoms with Crippen LogP contribution >= 0.6 is 12.6 Å². The Hall–Kier alpha value is -2.48. The number of Topliss-reactive ketones (excluding diaryl/α,β-unsaturated/α-hetero) is 1. The van der Waals surface area contributed by atoms with E-state index in [1.165, 1.54) is 4.90 Å². The van der Waals surface area contributed by atoms with Crippen LogP contribution in [0.2, 0.25) is 0 Å². The lowest BCUT2D eigenvalue weighted by atomic mass is 10.1. The van der Waals surface area contributed by atoms with E-state index in [0.717, 1.165) is 12.8 Å². The number of hydrogen-bond donors (Lipinski definition) is 5. The van der Waals surface area contributed by atoms with Gasteiger partial charge in [0.15, 0.2) is 5.91 Å². The van der Waals surface area contributed by atoms with Gasteiger partial charge in [-0.3, -0.25) is 33.7 Å². The zero-order valence-electron chi connectivity index (χ0n) is 24.1. The average Bonchev–Trinajstić information content (AvgIpc) is 2.91. The van der Waals surface area contributed by atoms with Crippen LogP contribution in [0, 0.1) is 0 Å². The summed E-state index contributed by atoms with van der Waals surface area (Å²) in [6.45, 7) is 2.40. The molecule has 12 nitrogen and oxygen atoms in total. The zero-order chi connectivity index (χ0) is 31.0. The number of unbranched alkanes of at least 4 members (excludes halogenated alkanes) is 5. The van der Waals surface area contributed by atoms with Crippen molar-refractivity contribution in [2.45, 2.75) is 82.8 Å². The summed E-state index contributed by atoms with van der Waals surface area (Å²) in [5.74, 6) is -1.58. The summed E-state index contributed by atoms with van der Waals surface area (Å²) in [6, 6.07) is 0. The first-order valence-electron chi connectivity index (χ1n) is 14.0. The Kier molecular flexibility index (Phi) is 22.7. The van der Waals surface area contributed by atoms with Gasteiger partial charge in [-0.1, -0.05) is 12.8 Å². The molecule has 16 heteroatoms. The van der Waals surface area contributed by atoms with Crippen molar-refractivity contribution in [1.82, 2.24) is 30.8 Å². The molecule has 5 amide bonds. The maximum atomic E-state index is 12.5. The normalized spacial score (nSPS) is 11.4. The molecule has 6 radical (unpaired) electrons. The highest BCUT2D eigenvalue weighted by atomic mass is 32.1. The second-order valence-electron chi connectivity index (χ2n) is 9.78. The fourth-order valence-electron chi connectivity index (χ4n) is 3.63. The first-order chi connectivity index (χ1) is 19.5. The second kappa shape index (κ2) is 24.2. The van der Waals surface area contributed by atoms with Crippen molar-refractivity contribution in [2.75, 3.05) is 39.3 Å². The third-order valence-corrected chi connectivity index (χ3v) is 6.27. The molecule has 4 N–H and O–H groups in total. The maximum absolute atomic E-state index is 12.5. The summed E-state index contributed by atoms with van der Waals surface area (Å²) in [6.07, 6.45) is 6.12. The molecule has 1 unspecified atom stereocenters. The number of thiol groups is 1. The molecule has 0 aromatic rings. The third-order valence-electron chi connectivity index (χ3n) is 5.98. The molecular weight excluding hydrogens is 545 g/mol. The van der Waals surface area contributed by atoms with Crippen LogP contribution < -0.4 is 21.2 Å². The lowest BCUT2D eigenvalue weighted by Gasteiger charge is -2.21. The van der Waals surface area contributed by atoms with Gasteiger partial charge in [-0.2, -0.15) is 12.6 Å². The highest BCUT2D eigenvalue weighted by Crippen LogP contribution is 2.05. The van der Waals surface area contributed by atoms with Crippen molar-refractivity contribution in [3.8, 4) is 0 Å². The van der Waals surface area contributed by atoms with E-state index in [1.54, 1.807) is 6.92 Å². The SMILES string of the molecule is [B]NC(=O)CCCCNC(=O)CN(CC(=O)NCCCCCC(=O)C(C)S)CC(=O)NCCCCCC(=O)N([B])[B].